The Morgan fingerprint density at radius 3 is 2.17 bits per heavy atom. The topological polar surface area (TPSA) is 38.1 Å². The van der Waals surface area contributed by atoms with Gasteiger partial charge in [-0.2, -0.15) is 18.3 Å². The van der Waals surface area contributed by atoms with Crippen molar-refractivity contribution in [1.82, 2.24) is 14.7 Å². The second-order valence-corrected chi connectivity index (χ2v) is 6.02. The maximum absolute atomic E-state index is 12.8. The molecule has 0 radical (unpaired) electrons. The second-order valence-electron chi connectivity index (χ2n) is 6.02. The summed E-state index contributed by atoms with van der Waals surface area (Å²) >= 11 is 0. The fourth-order valence-electron chi connectivity index (χ4n) is 2.96. The first-order chi connectivity index (χ1) is 11.2. The van der Waals surface area contributed by atoms with Crippen molar-refractivity contribution in [3.8, 4) is 0 Å². The minimum atomic E-state index is -4.40. The highest BCUT2D eigenvalue weighted by molar-refractivity contribution is 5.73. The number of carbonyl (C=O) groups excluding carboxylic acids is 1. The molecule has 1 aromatic rings. The van der Waals surface area contributed by atoms with E-state index in [-0.39, 0.29) is 11.5 Å². The summed E-state index contributed by atoms with van der Waals surface area (Å²) in [6.07, 6.45) is -1.78. The number of hydrogen-bond acceptors (Lipinski definition) is 2. The highest BCUT2D eigenvalue weighted by Crippen LogP contribution is 2.32. The Labute approximate surface area is 142 Å². The highest BCUT2D eigenvalue weighted by Gasteiger charge is 2.37. The molecule has 1 fully saturated rings. The van der Waals surface area contributed by atoms with Gasteiger partial charge in [0.2, 0.25) is 5.91 Å². The zero-order valence-corrected chi connectivity index (χ0v) is 15.2. The second kappa shape index (κ2) is 8.53. The van der Waals surface area contributed by atoms with Crippen molar-refractivity contribution in [3.05, 3.63) is 17.0 Å². The number of alkyl halides is 3. The van der Waals surface area contributed by atoms with Crippen molar-refractivity contribution in [3.63, 3.8) is 0 Å². The molecule has 0 aliphatic carbocycles. The lowest BCUT2D eigenvalue weighted by Gasteiger charge is -2.31. The largest absolute Gasteiger partial charge is 0.435 e. The monoisotopic (exact) mass is 347 g/mol. The van der Waals surface area contributed by atoms with E-state index in [4.69, 9.17) is 0 Å². The molecule has 7 heteroatoms. The van der Waals surface area contributed by atoms with E-state index in [0.29, 0.717) is 18.2 Å². The fourth-order valence-corrected chi connectivity index (χ4v) is 2.96. The normalized spacial score (nSPS) is 15.9. The number of likely N-dealkylation sites (tertiary alicyclic amines) is 1. The third-order valence-electron chi connectivity index (χ3n) is 4.58. The summed E-state index contributed by atoms with van der Waals surface area (Å²) in [5.74, 6) is 0.528. The number of hydrogen-bond donors (Lipinski definition) is 0. The van der Waals surface area contributed by atoms with Crippen molar-refractivity contribution in [2.24, 2.45) is 5.92 Å². The Morgan fingerprint density at radius 1 is 1.21 bits per heavy atom. The van der Waals surface area contributed by atoms with Gasteiger partial charge in [-0.3, -0.25) is 9.48 Å². The van der Waals surface area contributed by atoms with Crippen LogP contribution in [0.15, 0.2) is 0 Å². The lowest BCUT2D eigenvalue weighted by molar-refractivity contribution is -0.142. The Hall–Kier alpha value is -1.53. The number of carbonyl (C=O) groups is 1. The van der Waals surface area contributed by atoms with Crippen LogP contribution in [0.2, 0.25) is 0 Å². The predicted molar refractivity (Wildman–Crippen MR) is 87.6 cm³/mol. The van der Waals surface area contributed by atoms with Gasteiger partial charge in [-0.1, -0.05) is 13.8 Å². The van der Waals surface area contributed by atoms with Gasteiger partial charge in [0.15, 0.2) is 5.69 Å². The van der Waals surface area contributed by atoms with E-state index in [1.54, 1.807) is 13.8 Å². The van der Waals surface area contributed by atoms with Gasteiger partial charge in [0.05, 0.1) is 0 Å². The highest BCUT2D eigenvalue weighted by atomic mass is 19.4. The van der Waals surface area contributed by atoms with E-state index < -0.39 is 11.9 Å². The molecule has 1 aliphatic heterocycles. The Bertz CT molecular complexity index is 544. The van der Waals surface area contributed by atoms with Crippen LogP contribution in [-0.2, 0) is 17.5 Å². The van der Waals surface area contributed by atoms with Crippen molar-refractivity contribution in [2.45, 2.75) is 66.6 Å². The summed E-state index contributed by atoms with van der Waals surface area (Å²) in [4.78, 5) is 13.1. The van der Waals surface area contributed by atoms with E-state index in [2.05, 4.69) is 5.10 Å². The number of aromatic nitrogens is 2. The molecule has 0 atom stereocenters. The van der Waals surface area contributed by atoms with Gasteiger partial charge in [-0.15, -0.1) is 0 Å². The molecular weight excluding hydrogens is 319 g/mol. The van der Waals surface area contributed by atoms with Crippen LogP contribution in [0.3, 0.4) is 0 Å². The number of amides is 1. The smallest absolute Gasteiger partial charge is 0.343 e. The van der Waals surface area contributed by atoms with Crippen LogP contribution in [0.25, 0.3) is 0 Å². The summed E-state index contributed by atoms with van der Waals surface area (Å²) in [7, 11) is 0. The number of rotatable bonds is 3. The quantitative estimate of drug-likeness (QED) is 0.822. The molecule has 1 saturated heterocycles. The lowest BCUT2D eigenvalue weighted by atomic mass is 9.93. The minimum absolute atomic E-state index is 0.0896. The number of piperidine rings is 1. The van der Waals surface area contributed by atoms with Crippen LogP contribution in [0.1, 0.15) is 57.0 Å². The molecule has 138 valence electrons. The third-order valence-corrected chi connectivity index (χ3v) is 4.58. The van der Waals surface area contributed by atoms with Crippen molar-refractivity contribution in [1.29, 1.82) is 0 Å². The van der Waals surface area contributed by atoms with Crippen molar-refractivity contribution in [2.75, 3.05) is 13.1 Å². The average molecular weight is 347 g/mol. The molecule has 0 N–H and O–H groups in total. The van der Waals surface area contributed by atoms with E-state index >= 15 is 0 Å². The van der Waals surface area contributed by atoms with Crippen molar-refractivity contribution >= 4 is 5.91 Å². The SMILES string of the molecule is CC.CC(=O)N1CCC(CCn2nc(C(F)(F)F)c(C)c2C)CC1. The van der Waals surface area contributed by atoms with Crippen LogP contribution >= 0.6 is 0 Å². The maximum atomic E-state index is 12.8. The van der Waals surface area contributed by atoms with Gasteiger partial charge in [0.25, 0.3) is 0 Å². The molecule has 0 bridgehead atoms. The fraction of sp³-hybridized carbons (Fsp3) is 0.765. The average Bonchev–Trinajstić information content (AvgIpc) is 2.83. The van der Waals surface area contributed by atoms with E-state index in [1.165, 1.54) is 11.6 Å². The molecule has 4 nitrogen and oxygen atoms in total. The first-order valence-corrected chi connectivity index (χ1v) is 8.57. The minimum Gasteiger partial charge on any atom is -0.343 e. The van der Waals surface area contributed by atoms with Gasteiger partial charge in [-0.25, -0.2) is 0 Å². The summed E-state index contributed by atoms with van der Waals surface area (Å²) < 4.78 is 40.0. The zero-order valence-electron chi connectivity index (χ0n) is 15.2. The number of aryl methyl sites for hydroxylation is 1. The van der Waals surface area contributed by atoms with E-state index in [9.17, 15) is 18.0 Å². The standard InChI is InChI=1S/C15H22F3N3O.C2H6/c1-10-11(2)21(19-14(10)15(16,17)18)9-6-13-4-7-20(8-5-13)12(3)22;1-2/h13H,4-9H2,1-3H3;1-2H3. The molecule has 0 unspecified atom stereocenters. The molecular formula is C17H28F3N3O. The molecule has 1 amide bonds. The Kier molecular flexibility index (Phi) is 7.29. The van der Waals surface area contributed by atoms with Crippen LogP contribution < -0.4 is 0 Å². The molecule has 2 rings (SSSR count). The molecule has 0 aromatic carbocycles. The predicted octanol–water partition coefficient (Wildman–Crippen LogP) is 4.19. The van der Waals surface area contributed by atoms with Gasteiger partial charge >= 0.3 is 6.18 Å². The Balaban J connectivity index is 0.00000139. The molecule has 0 saturated carbocycles. The lowest BCUT2D eigenvalue weighted by Crippen LogP contribution is -2.37. The van der Waals surface area contributed by atoms with Crippen molar-refractivity contribution < 1.29 is 18.0 Å². The first kappa shape index (κ1) is 20.5. The number of nitrogens with zero attached hydrogens (tertiary/aromatic N) is 3. The van der Waals surface area contributed by atoms with Crippen LogP contribution in [-0.4, -0.2) is 33.7 Å². The summed E-state index contributed by atoms with van der Waals surface area (Å²) in [6, 6.07) is 0. The Morgan fingerprint density at radius 2 is 1.75 bits per heavy atom. The summed E-state index contributed by atoms with van der Waals surface area (Å²) in [5.41, 5.74) is 0.00351. The van der Waals surface area contributed by atoms with Crippen LogP contribution in [0, 0.1) is 19.8 Å². The molecule has 1 aliphatic rings. The summed E-state index contributed by atoms with van der Waals surface area (Å²) in [6.45, 7) is 10.7. The molecule has 0 spiro atoms. The molecule has 1 aromatic heterocycles. The van der Waals surface area contributed by atoms with Gasteiger partial charge in [0, 0.05) is 37.8 Å². The van der Waals surface area contributed by atoms with Crippen LogP contribution in [0.4, 0.5) is 13.2 Å². The number of halogens is 3. The summed E-state index contributed by atoms with van der Waals surface area (Å²) in [5, 5.41) is 3.74. The zero-order chi connectivity index (χ0) is 18.5. The maximum Gasteiger partial charge on any atom is 0.435 e. The third kappa shape index (κ3) is 4.98. The van der Waals surface area contributed by atoms with Gasteiger partial charge in [0.1, 0.15) is 0 Å². The van der Waals surface area contributed by atoms with E-state index in [1.807, 2.05) is 18.7 Å². The molecule has 2 heterocycles. The first-order valence-electron chi connectivity index (χ1n) is 8.57. The molecule has 24 heavy (non-hydrogen) atoms. The van der Waals surface area contributed by atoms with Crippen LogP contribution in [0.5, 0.6) is 0 Å². The van der Waals surface area contributed by atoms with Gasteiger partial charge < -0.3 is 4.90 Å². The van der Waals surface area contributed by atoms with E-state index in [0.717, 1.165) is 32.4 Å². The van der Waals surface area contributed by atoms with Gasteiger partial charge in [-0.05, 0) is 39.0 Å².